The van der Waals surface area contributed by atoms with Gasteiger partial charge in [-0.2, -0.15) is 0 Å². The van der Waals surface area contributed by atoms with E-state index in [0.717, 1.165) is 6.42 Å². The van der Waals surface area contributed by atoms with Gasteiger partial charge in [0.05, 0.1) is 0 Å². The van der Waals surface area contributed by atoms with Gasteiger partial charge in [0.15, 0.2) is 0 Å². The van der Waals surface area contributed by atoms with Gasteiger partial charge in [0.2, 0.25) is 0 Å². The minimum absolute atomic E-state index is 0.271. The van der Waals surface area contributed by atoms with E-state index in [1.54, 1.807) is 0 Å². The van der Waals surface area contributed by atoms with Gasteiger partial charge in [-0.05, 0) is 35.4 Å². The Hall–Kier alpha value is -1.60. The fraction of sp³-hybridized carbons (Fsp3) is 0.368. The average Bonchev–Trinajstić information content (AvgIpc) is 2.70. The molecule has 3 rings (SSSR count). The molecule has 0 aliphatic heterocycles. The summed E-state index contributed by atoms with van der Waals surface area (Å²) in [6.07, 6.45) is 1.16. The minimum Gasteiger partial charge on any atom is -0.303 e. The number of hydrogen-bond acceptors (Lipinski definition) is 1. The number of benzene rings is 2. The van der Waals surface area contributed by atoms with Crippen molar-refractivity contribution >= 4 is 0 Å². The van der Waals surface area contributed by atoms with Gasteiger partial charge in [-0.3, -0.25) is 0 Å². The first kappa shape index (κ1) is 13.4. The number of rotatable bonds is 3. The van der Waals surface area contributed by atoms with Gasteiger partial charge in [-0.1, -0.05) is 68.4 Å². The van der Waals surface area contributed by atoms with Crippen molar-refractivity contribution < 1.29 is 0 Å². The normalized spacial score (nSPS) is 21.4. The summed E-state index contributed by atoms with van der Waals surface area (Å²) in [6, 6.07) is 20.3. The first-order valence-electron chi connectivity index (χ1n) is 7.47. The molecule has 1 unspecified atom stereocenters. The molecule has 0 saturated carbocycles. The lowest BCUT2D eigenvalue weighted by Gasteiger charge is -2.31. The van der Waals surface area contributed by atoms with Gasteiger partial charge < -0.3 is 5.32 Å². The SMILES string of the molecule is C[C@H](NC1c2ccccc2CC1(C)C)c1ccccc1. The maximum Gasteiger partial charge on any atom is 0.0382 e. The lowest BCUT2D eigenvalue weighted by Crippen LogP contribution is -2.33. The Bertz CT molecular complexity index is 586. The van der Waals surface area contributed by atoms with Crippen LogP contribution in [-0.4, -0.2) is 0 Å². The van der Waals surface area contributed by atoms with Crippen molar-refractivity contribution in [2.75, 3.05) is 0 Å². The molecule has 1 heteroatoms. The highest BCUT2D eigenvalue weighted by molar-refractivity contribution is 5.38. The maximum atomic E-state index is 3.84. The molecule has 1 aliphatic rings. The Morgan fingerprint density at radius 3 is 2.40 bits per heavy atom. The van der Waals surface area contributed by atoms with E-state index in [1.807, 2.05) is 0 Å². The van der Waals surface area contributed by atoms with Crippen LogP contribution in [0.4, 0.5) is 0 Å². The first-order chi connectivity index (χ1) is 9.58. The summed E-state index contributed by atoms with van der Waals surface area (Å²) in [4.78, 5) is 0. The fourth-order valence-corrected chi connectivity index (χ4v) is 3.39. The Morgan fingerprint density at radius 1 is 1.00 bits per heavy atom. The van der Waals surface area contributed by atoms with E-state index in [2.05, 4.69) is 80.7 Å². The second-order valence-corrected chi connectivity index (χ2v) is 6.60. The Morgan fingerprint density at radius 2 is 1.65 bits per heavy atom. The molecular formula is C19H23N. The molecule has 2 atom stereocenters. The molecule has 2 aromatic rings. The van der Waals surface area contributed by atoms with Crippen LogP contribution in [0.5, 0.6) is 0 Å². The summed E-state index contributed by atoms with van der Waals surface area (Å²) in [6.45, 7) is 6.98. The van der Waals surface area contributed by atoms with Crippen molar-refractivity contribution in [2.24, 2.45) is 5.41 Å². The topological polar surface area (TPSA) is 12.0 Å². The molecular weight excluding hydrogens is 242 g/mol. The molecule has 1 aliphatic carbocycles. The molecule has 0 amide bonds. The predicted octanol–water partition coefficient (Wildman–Crippen LogP) is 4.66. The van der Waals surface area contributed by atoms with Gasteiger partial charge in [0, 0.05) is 12.1 Å². The Kier molecular flexibility index (Phi) is 3.39. The van der Waals surface area contributed by atoms with Crippen LogP contribution >= 0.6 is 0 Å². The van der Waals surface area contributed by atoms with Crippen molar-refractivity contribution in [1.29, 1.82) is 0 Å². The van der Waals surface area contributed by atoms with E-state index in [-0.39, 0.29) is 5.41 Å². The summed E-state index contributed by atoms with van der Waals surface area (Å²) in [5.41, 5.74) is 4.59. The summed E-state index contributed by atoms with van der Waals surface area (Å²) < 4.78 is 0. The van der Waals surface area contributed by atoms with E-state index >= 15 is 0 Å². The summed E-state index contributed by atoms with van der Waals surface area (Å²) in [7, 11) is 0. The third kappa shape index (κ3) is 2.38. The molecule has 1 nitrogen and oxygen atoms in total. The highest BCUT2D eigenvalue weighted by atomic mass is 15.0. The summed E-state index contributed by atoms with van der Waals surface area (Å²) in [5, 5.41) is 3.84. The molecule has 0 bridgehead atoms. The monoisotopic (exact) mass is 265 g/mol. The third-order valence-electron chi connectivity index (χ3n) is 4.51. The lowest BCUT2D eigenvalue weighted by molar-refractivity contribution is 0.252. The third-order valence-corrected chi connectivity index (χ3v) is 4.51. The van der Waals surface area contributed by atoms with Crippen molar-refractivity contribution in [3.63, 3.8) is 0 Å². The molecule has 104 valence electrons. The van der Waals surface area contributed by atoms with E-state index in [4.69, 9.17) is 0 Å². The highest BCUT2D eigenvalue weighted by Crippen LogP contribution is 2.45. The smallest absolute Gasteiger partial charge is 0.0382 e. The second kappa shape index (κ2) is 5.06. The minimum atomic E-state index is 0.271. The van der Waals surface area contributed by atoms with Crippen LogP contribution in [0.25, 0.3) is 0 Å². The Balaban J connectivity index is 1.86. The number of nitrogens with one attached hydrogen (secondary N) is 1. The molecule has 0 fully saturated rings. The van der Waals surface area contributed by atoms with Crippen LogP contribution in [0.1, 0.15) is 49.5 Å². The van der Waals surface area contributed by atoms with Crippen molar-refractivity contribution in [2.45, 2.75) is 39.3 Å². The predicted molar refractivity (Wildman–Crippen MR) is 84.7 cm³/mol. The molecule has 0 heterocycles. The van der Waals surface area contributed by atoms with E-state index in [0.29, 0.717) is 12.1 Å². The van der Waals surface area contributed by atoms with Crippen molar-refractivity contribution in [1.82, 2.24) is 5.32 Å². The maximum absolute atomic E-state index is 3.84. The molecule has 0 radical (unpaired) electrons. The van der Waals surface area contributed by atoms with Crippen LogP contribution in [0.2, 0.25) is 0 Å². The lowest BCUT2D eigenvalue weighted by atomic mass is 9.84. The average molecular weight is 265 g/mol. The van der Waals surface area contributed by atoms with Gasteiger partial charge in [-0.15, -0.1) is 0 Å². The largest absolute Gasteiger partial charge is 0.303 e. The summed E-state index contributed by atoms with van der Waals surface area (Å²) >= 11 is 0. The summed E-state index contributed by atoms with van der Waals surface area (Å²) in [5.74, 6) is 0. The molecule has 20 heavy (non-hydrogen) atoms. The number of fused-ring (bicyclic) bond motifs is 1. The molecule has 0 spiro atoms. The zero-order chi connectivity index (χ0) is 14.2. The van der Waals surface area contributed by atoms with Crippen LogP contribution in [0.3, 0.4) is 0 Å². The first-order valence-corrected chi connectivity index (χ1v) is 7.47. The van der Waals surface area contributed by atoms with Gasteiger partial charge in [0.1, 0.15) is 0 Å². The van der Waals surface area contributed by atoms with Crippen molar-refractivity contribution in [3.8, 4) is 0 Å². The van der Waals surface area contributed by atoms with E-state index < -0.39 is 0 Å². The zero-order valence-corrected chi connectivity index (χ0v) is 12.6. The van der Waals surface area contributed by atoms with Crippen LogP contribution in [-0.2, 0) is 6.42 Å². The van der Waals surface area contributed by atoms with Crippen LogP contribution in [0, 0.1) is 5.41 Å². The van der Waals surface area contributed by atoms with Crippen molar-refractivity contribution in [3.05, 3.63) is 71.3 Å². The molecule has 1 N–H and O–H groups in total. The van der Waals surface area contributed by atoms with Crippen LogP contribution in [0.15, 0.2) is 54.6 Å². The Labute approximate surface area is 122 Å². The van der Waals surface area contributed by atoms with Gasteiger partial charge in [0.25, 0.3) is 0 Å². The van der Waals surface area contributed by atoms with E-state index in [1.165, 1.54) is 16.7 Å². The molecule has 0 aromatic heterocycles. The number of hydrogen-bond donors (Lipinski definition) is 1. The second-order valence-electron chi connectivity index (χ2n) is 6.60. The van der Waals surface area contributed by atoms with Gasteiger partial charge >= 0.3 is 0 Å². The fourth-order valence-electron chi connectivity index (χ4n) is 3.39. The molecule has 2 aromatic carbocycles. The molecule has 0 saturated heterocycles. The standard InChI is InChI=1S/C19H23N/c1-14(15-9-5-4-6-10-15)20-18-17-12-8-7-11-16(17)13-19(18,2)3/h4-12,14,18,20H,13H2,1-3H3/t14-,18?/m0/s1. The van der Waals surface area contributed by atoms with Gasteiger partial charge in [-0.25, -0.2) is 0 Å². The zero-order valence-electron chi connectivity index (χ0n) is 12.6. The van der Waals surface area contributed by atoms with E-state index in [9.17, 15) is 0 Å². The van der Waals surface area contributed by atoms with Crippen LogP contribution < -0.4 is 5.32 Å². The highest BCUT2D eigenvalue weighted by Gasteiger charge is 2.39. The quantitative estimate of drug-likeness (QED) is 0.851.